The summed E-state index contributed by atoms with van der Waals surface area (Å²) in [5, 5.41) is 3.11. The number of aromatic nitrogens is 1. The van der Waals surface area contributed by atoms with Crippen LogP contribution in [0.25, 0.3) is 11.1 Å². The minimum absolute atomic E-state index is 0.137. The quantitative estimate of drug-likeness (QED) is 0.876. The third-order valence-corrected chi connectivity index (χ3v) is 5.37. The molecule has 3 saturated heterocycles. The maximum Gasteiger partial charge on any atom is 0.303 e. The van der Waals surface area contributed by atoms with Gasteiger partial charge in [-0.3, -0.25) is 10.2 Å². The molecule has 4 aliphatic rings. The Labute approximate surface area is 134 Å². The molecule has 0 amide bonds. The maximum atomic E-state index is 6.24. The zero-order valence-corrected chi connectivity index (χ0v) is 13.2. The number of amidine groups is 1. The van der Waals surface area contributed by atoms with Crippen LogP contribution in [0.4, 0.5) is 6.01 Å². The van der Waals surface area contributed by atoms with Gasteiger partial charge >= 0.3 is 6.01 Å². The van der Waals surface area contributed by atoms with Crippen molar-refractivity contribution in [2.45, 2.75) is 25.4 Å². The van der Waals surface area contributed by atoms with Gasteiger partial charge in [-0.2, -0.15) is 4.98 Å². The van der Waals surface area contributed by atoms with E-state index in [0.717, 1.165) is 29.8 Å². The second-order valence-electron chi connectivity index (χ2n) is 6.95. The number of oxazole rings is 1. The van der Waals surface area contributed by atoms with E-state index in [9.17, 15) is 0 Å². The average molecular weight is 312 g/mol. The highest BCUT2D eigenvalue weighted by molar-refractivity contribution is 5.89. The smallest absolute Gasteiger partial charge is 0.303 e. The summed E-state index contributed by atoms with van der Waals surface area (Å²) in [5.41, 5.74) is 2.64. The number of benzene rings is 1. The first-order valence-electron chi connectivity index (χ1n) is 8.30. The van der Waals surface area contributed by atoms with Crippen LogP contribution < -0.4 is 5.32 Å². The summed E-state index contributed by atoms with van der Waals surface area (Å²) in [6.45, 7) is 6.15. The van der Waals surface area contributed by atoms with Gasteiger partial charge in [0.2, 0.25) is 0 Å². The third-order valence-electron chi connectivity index (χ3n) is 5.37. The van der Waals surface area contributed by atoms with Gasteiger partial charge < -0.3 is 9.15 Å². The Kier molecular flexibility index (Phi) is 2.74. The van der Waals surface area contributed by atoms with Gasteiger partial charge in [-0.1, -0.05) is 6.07 Å². The van der Waals surface area contributed by atoms with E-state index in [1.165, 1.54) is 25.9 Å². The molecule has 5 heterocycles. The first kappa shape index (κ1) is 13.4. The van der Waals surface area contributed by atoms with Crippen LogP contribution in [0.15, 0.2) is 27.6 Å². The van der Waals surface area contributed by atoms with Crippen LogP contribution in [0, 0.1) is 12.8 Å². The van der Waals surface area contributed by atoms with E-state index >= 15 is 0 Å². The molecule has 2 bridgehead atoms. The van der Waals surface area contributed by atoms with Crippen molar-refractivity contribution < 1.29 is 9.15 Å². The number of aliphatic imine (C=N–C) groups is 1. The summed E-state index contributed by atoms with van der Waals surface area (Å²) >= 11 is 0. The van der Waals surface area contributed by atoms with Crippen molar-refractivity contribution in [2.24, 2.45) is 10.9 Å². The number of nitrogens with one attached hydrogen (secondary N) is 1. The van der Waals surface area contributed by atoms with Crippen molar-refractivity contribution in [3.63, 3.8) is 0 Å². The normalized spacial score (nSPS) is 32.3. The van der Waals surface area contributed by atoms with Crippen LogP contribution in [0.1, 0.15) is 18.4 Å². The molecule has 2 aromatic rings. The molecule has 120 valence electrons. The Morgan fingerprint density at radius 1 is 1.30 bits per heavy atom. The molecule has 0 aliphatic carbocycles. The van der Waals surface area contributed by atoms with Gasteiger partial charge in [0.05, 0.1) is 6.54 Å². The van der Waals surface area contributed by atoms with Crippen molar-refractivity contribution in [3.8, 4) is 0 Å². The Hall–Kier alpha value is -2.08. The fourth-order valence-corrected chi connectivity index (χ4v) is 4.12. The van der Waals surface area contributed by atoms with E-state index < -0.39 is 0 Å². The van der Waals surface area contributed by atoms with Crippen molar-refractivity contribution in [3.05, 3.63) is 23.8 Å². The molecule has 0 unspecified atom stereocenters. The fourth-order valence-electron chi connectivity index (χ4n) is 4.12. The Morgan fingerprint density at radius 3 is 2.96 bits per heavy atom. The second kappa shape index (κ2) is 4.71. The molecule has 6 nitrogen and oxygen atoms in total. The highest BCUT2D eigenvalue weighted by Gasteiger charge is 2.51. The van der Waals surface area contributed by atoms with E-state index in [4.69, 9.17) is 9.15 Å². The predicted octanol–water partition coefficient (Wildman–Crippen LogP) is 2.40. The number of ether oxygens (including phenoxy) is 1. The van der Waals surface area contributed by atoms with Gasteiger partial charge in [0.25, 0.3) is 6.02 Å². The molecule has 23 heavy (non-hydrogen) atoms. The predicted molar refractivity (Wildman–Crippen MR) is 87.7 cm³/mol. The fraction of sp³-hybridized carbons (Fsp3) is 0.529. The van der Waals surface area contributed by atoms with E-state index in [0.29, 0.717) is 18.0 Å². The first-order valence-corrected chi connectivity index (χ1v) is 8.30. The number of rotatable bonds is 1. The first-order chi connectivity index (χ1) is 11.2. The lowest BCUT2D eigenvalue weighted by atomic mass is 9.75. The molecule has 1 aromatic carbocycles. The van der Waals surface area contributed by atoms with Crippen molar-refractivity contribution in [2.75, 3.05) is 31.5 Å². The van der Waals surface area contributed by atoms with E-state index in [1.54, 1.807) is 0 Å². The SMILES string of the molecule is Cc1ccc2nc(NC3=NC[C@@]4(CN5CCC4CC5)O3)oc2c1. The third kappa shape index (κ3) is 2.12. The van der Waals surface area contributed by atoms with Crippen LogP contribution in [0.3, 0.4) is 0 Å². The van der Waals surface area contributed by atoms with Crippen LogP contribution in [-0.2, 0) is 4.74 Å². The standard InChI is InChI=1S/C17H20N4O2/c1-11-2-3-13-14(8-11)22-16(19-13)20-15-18-9-17(23-15)10-21-6-4-12(17)5-7-21/h2-3,8,12H,4-7,9-10H2,1H3,(H,18,19,20)/t17-/m0/s1. The van der Waals surface area contributed by atoms with Crippen LogP contribution in [0.5, 0.6) is 0 Å². The minimum atomic E-state index is -0.137. The molecule has 1 N–H and O–H groups in total. The molecular weight excluding hydrogens is 292 g/mol. The number of aryl methyl sites for hydroxylation is 1. The summed E-state index contributed by atoms with van der Waals surface area (Å²) in [7, 11) is 0. The zero-order valence-electron chi connectivity index (χ0n) is 13.2. The number of piperidine rings is 3. The molecule has 6 heteroatoms. The van der Waals surface area contributed by atoms with Crippen molar-refractivity contribution in [1.82, 2.24) is 9.88 Å². The average Bonchev–Trinajstić information content (AvgIpc) is 3.12. The lowest BCUT2D eigenvalue weighted by Gasteiger charge is -2.50. The van der Waals surface area contributed by atoms with Gasteiger partial charge in [0.1, 0.15) is 11.1 Å². The Bertz CT molecular complexity index is 791. The van der Waals surface area contributed by atoms with Gasteiger partial charge in [0, 0.05) is 12.5 Å². The molecular formula is C17H20N4O2. The number of anilines is 1. The lowest BCUT2D eigenvalue weighted by Crippen LogP contribution is -2.61. The minimum Gasteiger partial charge on any atom is -0.455 e. The summed E-state index contributed by atoms with van der Waals surface area (Å²) in [4.78, 5) is 11.5. The summed E-state index contributed by atoms with van der Waals surface area (Å²) in [6, 6.07) is 6.97. The lowest BCUT2D eigenvalue weighted by molar-refractivity contribution is -0.0829. The molecule has 6 rings (SSSR count). The number of hydrogen-bond acceptors (Lipinski definition) is 6. The number of hydrogen-bond donors (Lipinski definition) is 1. The van der Waals surface area contributed by atoms with E-state index in [1.807, 2.05) is 25.1 Å². The summed E-state index contributed by atoms with van der Waals surface area (Å²) in [6.07, 6.45) is 2.43. The monoisotopic (exact) mass is 312 g/mol. The molecule has 0 saturated carbocycles. The molecule has 1 atom stereocenters. The largest absolute Gasteiger partial charge is 0.455 e. The molecule has 0 radical (unpaired) electrons. The Morgan fingerprint density at radius 2 is 2.17 bits per heavy atom. The van der Waals surface area contributed by atoms with Gasteiger partial charge in [0.15, 0.2) is 5.58 Å². The van der Waals surface area contributed by atoms with Gasteiger partial charge in [-0.05, 0) is 50.6 Å². The van der Waals surface area contributed by atoms with Crippen molar-refractivity contribution in [1.29, 1.82) is 0 Å². The molecule has 1 spiro atoms. The highest BCUT2D eigenvalue weighted by Crippen LogP contribution is 2.40. The second-order valence-corrected chi connectivity index (χ2v) is 6.95. The molecule has 1 aromatic heterocycles. The van der Waals surface area contributed by atoms with E-state index in [2.05, 4.69) is 20.2 Å². The number of nitrogens with zero attached hydrogens (tertiary/aromatic N) is 3. The van der Waals surface area contributed by atoms with E-state index in [-0.39, 0.29) is 5.60 Å². The molecule has 4 aliphatic heterocycles. The summed E-state index contributed by atoms with van der Waals surface area (Å²) < 4.78 is 12.0. The highest BCUT2D eigenvalue weighted by atomic mass is 16.5. The summed E-state index contributed by atoms with van der Waals surface area (Å²) in [5.74, 6) is 0.613. The Balaban J connectivity index is 1.35. The zero-order chi connectivity index (χ0) is 15.4. The van der Waals surface area contributed by atoms with Crippen LogP contribution in [-0.4, -0.2) is 47.7 Å². The van der Waals surface area contributed by atoms with Crippen molar-refractivity contribution >= 4 is 23.1 Å². The topological polar surface area (TPSA) is 62.9 Å². The maximum absolute atomic E-state index is 6.24. The molecule has 3 fully saturated rings. The number of fused-ring (bicyclic) bond motifs is 3. The van der Waals surface area contributed by atoms with Crippen LogP contribution >= 0.6 is 0 Å². The van der Waals surface area contributed by atoms with Gasteiger partial charge in [-0.15, -0.1) is 0 Å². The van der Waals surface area contributed by atoms with Crippen LogP contribution in [0.2, 0.25) is 0 Å². The van der Waals surface area contributed by atoms with Gasteiger partial charge in [-0.25, -0.2) is 4.99 Å².